The van der Waals surface area contributed by atoms with E-state index in [1.807, 2.05) is 19.3 Å². The predicted molar refractivity (Wildman–Crippen MR) is 72.9 cm³/mol. The fourth-order valence-electron chi connectivity index (χ4n) is 2.39. The first-order chi connectivity index (χ1) is 7.93. The number of hydrogen-bond acceptors (Lipinski definition) is 3. The van der Waals surface area contributed by atoms with Crippen molar-refractivity contribution in [1.82, 2.24) is 9.88 Å². The van der Waals surface area contributed by atoms with Gasteiger partial charge in [0.15, 0.2) is 0 Å². The van der Waals surface area contributed by atoms with Crippen LogP contribution >= 0.6 is 0 Å². The number of hydrogen-bond donors (Lipinski definition) is 1. The molecule has 3 nitrogen and oxygen atoms in total. The fraction of sp³-hybridized carbons (Fsp3) is 0.643. The van der Waals surface area contributed by atoms with Crippen molar-refractivity contribution in [2.45, 2.75) is 46.2 Å². The van der Waals surface area contributed by atoms with Crippen LogP contribution in [0.5, 0.6) is 0 Å². The lowest BCUT2D eigenvalue weighted by molar-refractivity contribution is 0.107. The first-order valence-electron chi connectivity index (χ1n) is 6.35. The third-order valence-electron chi connectivity index (χ3n) is 3.59. The summed E-state index contributed by atoms with van der Waals surface area (Å²) in [6.45, 7) is 12.8. The van der Waals surface area contributed by atoms with Crippen molar-refractivity contribution in [3.63, 3.8) is 0 Å². The van der Waals surface area contributed by atoms with E-state index in [1.165, 1.54) is 0 Å². The lowest BCUT2D eigenvalue weighted by Crippen LogP contribution is -2.51. The normalized spacial score (nSPS) is 14.1. The largest absolute Gasteiger partial charge is 0.322 e. The monoisotopic (exact) mass is 235 g/mol. The predicted octanol–water partition coefficient (Wildman–Crippen LogP) is 2.51. The van der Waals surface area contributed by atoms with Crippen LogP contribution < -0.4 is 5.73 Å². The maximum Gasteiger partial charge on any atom is 0.0492 e. The third-order valence-corrected chi connectivity index (χ3v) is 3.59. The molecule has 1 aromatic rings. The van der Waals surface area contributed by atoms with Gasteiger partial charge in [0.2, 0.25) is 0 Å². The summed E-state index contributed by atoms with van der Waals surface area (Å²) in [5.74, 6) is 0. The van der Waals surface area contributed by atoms with Gasteiger partial charge in [-0.15, -0.1) is 0 Å². The van der Waals surface area contributed by atoms with Crippen LogP contribution in [0.1, 0.15) is 44.9 Å². The minimum Gasteiger partial charge on any atom is -0.322 e. The van der Waals surface area contributed by atoms with Crippen molar-refractivity contribution in [2.24, 2.45) is 5.73 Å². The number of nitrogens with two attached hydrogens (primary N) is 1. The Kier molecular flexibility index (Phi) is 4.66. The molecule has 0 saturated carbocycles. The Hall–Kier alpha value is -0.930. The quantitative estimate of drug-likeness (QED) is 0.852. The van der Waals surface area contributed by atoms with Crippen molar-refractivity contribution in [2.75, 3.05) is 13.1 Å². The molecule has 17 heavy (non-hydrogen) atoms. The lowest BCUT2D eigenvalue weighted by Gasteiger charge is -2.41. The first-order valence-corrected chi connectivity index (χ1v) is 6.35. The summed E-state index contributed by atoms with van der Waals surface area (Å²) >= 11 is 0. The molecule has 0 amide bonds. The Morgan fingerprint density at radius 1 is 1.29 bits per heavy atom. The number of likely N-dealkylation sites (N-methyl/N-ethyl adjacent to an activating group) is 1. The lowest BCUT2D eigenvalue weighted by atomic mass is 9.88. The molecule has 0 saturated heterocycles. The van der Waals surface area contributed by atoms with Crippen molar-refractivity contribution in [1.29, 1.82) is 0 Å². The molecule has 0 aliphatic heterocycles. The zero-order valence-corrected chi connectivity index (χ0v) is 11.7. The molecule has 1 heterocycles. The molecular weight excluding hydrogens is 210 g/mol. The van der Waals surface area contributed by atoms with Gasteiger partial charge in [-0.25, -0.2) is 0 Å². The van der Waals surface area contributed by atoms with Gasteiger partial charge in [0.05, 0.1) is 0 Å². The summed E-state index contributed by atoms with van der Waals surface area (Å²) in [6, 6.07) is 2.11. The highest BCUT2D eigenvalue weighted by Crippen LogP contribution is 2.28. The van der Waals surface area contributed by atoms with Crippen molar-refractivity contribution >= 4 is 0 Å². The van der Waals surface area contributed by atoms with Gasteiger partial charge in [-0.2, -0.15) is 0 Å². The second kappa shape index (κ2) is 5.61. The van der Waals surface area contributed by atoms with Gasteiger partial charge in [0.25, 0.3) is 0 Å². The van der Waals surface area contributed by atoms with Gasteiger partial charge >= 0.3 is 0 Å². The number of pyridine rings is 1. The summed E-state index contributed by atoms with van der Waals surface area (Å²) in [5, 5.41) is 0. The highest BCUT2D eigenvalue weighted by atomic mass is 15.2. The molecule has 1 unspecified atom stereocenters. The number of aromatic nitrogens is 1. The van der Waals surface area contributed by atoms with E-state index in [4.69, 9.17) is 5.73 Å². The summed E-state index contributed by atoms with van der Waals surface area (Å²) < 4.78 is 0. The van der Waals surface area contributed by atoms with E-state index < -0.39 is 0 Å². The second-order valence-corrected chi connectivity index (χ2v) is 5.10. The minimum absolute atomic E-state index is 0.0187. The summed E-state index contributed by atoms with van der Waals surface area (Å²) in [4.78, 5) is 6.62. The van der Waals surface area contributed by atoms with E-state index in [-0.39, 0.29) is 11.6 Å². The topological polar surface area (TPSA) is 42.1 Å². The molecule has 0 aliphatic rings. The molecule has 0 radical (unpaired) electrons. The van der Waals surface area contributed by atoms with E-state index in [0.29, 0.717) is 0 Å². The second-order valence-electron chi connectivity index (χ2n) is 5.10. The molecule has 0 aliphatic carbocycles. The van der Waals surface area contributed by atoms with Crippen LogP contribution in [0, 0.1) is 6.92 Å². The average molecular weight is 235 g/mol. The summed E-state index contributed by atoms with van der Waals surface area (Å²) in [5.41, 5.74) is 8.63. The van der Waals surface area contributed by atoms with Crippen LogP contribution in [-0.4, -0.2) is 28.5 Å². The van der Waals surface area contributed by atoms with Crippen molar-refractivity contribution < 1.29 is 0 Å². The Labute approximate surface area is 105 Å². The minimum atomic E-state index is -0.0566. The Morgan fingerprint density at radius 3 is 2.35 bits per heavy atom. The zero-order chi connectivity index (χ0) is 13.1. The van der Waals surface area contributed by atoms with Crippen LogP contribution in [0.2, 0.25) is 0 Å². The van der Waals surface area contributed by atoms with E-state index >= 15 is 0 Å². The van der Waals surface area contributed by atoms with Crippen molar-refractivity contribution in [3.05, 3.63) is 29.6 Å². The smallest absolute Gasteiger partial charge is 0.0492 e. The van der Waals surface area contributed by atoms with E-state index in [9.17, 15) is 0 Å². The standard InChI is InChI=1S/C14H25N3/c1-6-17(7-2)14(4,5)13(15)12-8-11(3)9-16-10-12/h8-10,13H,6-7,15H2,1-5H3. The van der Waals surface area contributed by atoms with E-state index in [0.717, 1.165) is 24.2 Å². The molecule has 2 N–H and O–H groups in total. The molecule has 0 bridgehead atoms. The van der Waals surface area contributed by atoms with Gasteiger partial charge in [0, 0.05) is 24.0 Å². The number of aryl methyl sites for hydroxylation is 1. The molecule has 1 aromatic heterocycles. The van der Waals surface area contributed by atoms with Gasteiger partial charge in [-0.05, 0) is 45.0 Å². The van der Waals surface area contributed by atoms with Crippen molar-refractivity contribution in [3.8, 4) is 0 Å². The van der Waals surface area contributed by atoms with Gasteiger partial charge in [-0.1, -0.05) is 19.9 Å². The molecule has 1 rings (SSSR count). The fourth-order valence-corrected chi connectivity index (χ4v) is 2.39. The molecule has 0 fully saturated rings. The Balaban J connectivity index is 2.98. The zero-order valence-electron chi connectivity index (χ0n) is 11.7. The van der Waals surface area contributed by atoms with E-state index in [2.05, 4.69) is 43.6 Å². The molecule has 1 atom stereocenters. The summed E-state index contributed by atoms with van der Waals surface area (Å²) in [6.07, 6.45) is 3.74. The van der Waals surface area contributed by atoms with Crippen LogP contribution in [0.15, 0.2) is 18.5 Å². The van der Waals surface area contributed by atoms with Crippen LogP contribution in [0.3, 0.4) is 0 Å². The number of rotatable bonds is 5. The maximum absolute atomic E-state index is 6.41. The summed E-state index contributed by atoms with van der Waals surface area (Å²) in [7, 11) is 0. The van der Waals surface area contributed by atoms with Gasteiger partial charge < -0.3 is 5.73 Å². The molecule has 0 spiro atoms. The first kappa shape index (κ1) is 14.1. The highest BCUT2D eigenvalue weighted by Gasteiger charge is 2.32. The van der Waals surface area contributed by atoms with Crippen LogP contribution in [-0.2, 0) is 0 Å². The van der Waals surface area contributed by atoms with Crippen LogP contribution in [0.25, 0.3) is 0 Å². The maximum atomic E-state index is 6.41. The third kappa shape index (κ3) is 3.05. The molecule has 3 heteroatoms. The Bertz CT molecular complexity index is 356. The Morgan fingerprint density at radius 2 is 1.88 bits per heavy atom. The van der Waals surface area contributed by atoms with Gasteiger partial charge in [-0.3, -0.25) is 9.88 Å². The van der Waals surface area contributed by atoms with Crippen LogP contribution in [0.4, 0.5) is 0 Å². The van der Waals surface area contributed by atoms with E-state index in [1.54, 1.807) is 0 Å². The number of nitrogens with zero attached hydrogens (tertiary/aromatic N) is 2. The average Bonchev–Trinajstić information content (AvgIpc) is 2.29. The van der Waals surface area contributed by atoms with Gasteiger partial charge in [0.1, 0.15) is 0 Å². The molecule has 96 valence electrons. The molecular formula is C14H25N3. The highest BCUT2D eigenvalue weighted by molar-refractivity contribution is 5.23. The molecule has 0 aromatic carbocycles. The SMILES string of the molecule is CCN(CC)C(C)(C)C(N)c1cncc(C)c1.